The molecule has 4 N–H and O–H groups in total. The third-order valence-electron chi connectivity index (χ3n) is 2.63. The smallest absolute Gasteiger partial charge is 0.251 e. The van der Waals surface area contributed by atoms with Gasteiger partial charge in [-0.25, -0.2) is 0 Å². The Morgan fingerprint density at radius 3 is 2.63 bits per heavy atom. The predicted molar refractivity (Wildman–Crippen MR) is 80.6 cm³/mol. The molecule has 0 aliphatic carbocycles. The normalized spacial score (nSPS) is 10.4. The highest BCUT2D eigenvalue weighted by Crippen LogP contribution is 2.05. The summed E-state index contributed by atoms with van der Waals surface area (Å²) < 4.78 is 0. The van der Waals surface area contributed by atoms with Gasteiger partial charge >= 0.3 is 0 Å². The zero-order chi connectivity index (χ0) is 13.9. The average Bonchev–Trinajstić information content (AvgIpc) is 2.43. The second-order valence-electron chi connectivity index (χ2n) is 4.18. The Bertz CT molecular complexity index is 368. The third kappa shape index (κ3) is 6.61. The fourth-order valence-electron chi connectivity index (χ4n) is 1.60. The molecule has 0 heterocycles. The first kappa shape index (κ1) is 16.0. The second-order valence-corrected chi connectivity index (χ2v) is 5.41. The van der Waals surface area contributed by atoms with Gasteiger partial charge in [-0.1, -0.05) is 12.1 Å². The molecule has 1 aromatic rings. The van der Waals surface area contributed by atoms with Crippen LogP contribution in [0.25, 0.3) is 0 Å². The van der Waals surface area contributed by atoms with Crippen LogP contribution in [-0.4, -0.2) is 42.2 Å². The number of aliphatic hydroxyl groups is 1. The van der Waals surface area contributed by atoms with Crippen molar-refractivity contribution >= 4 is 17.7 Å². The molecule has 0 atom stereocenters. The molecule has 0 saturated carbocycles. The van der Waals surface area contributed by atoms with Crippen molar-refractivity contribution in [2.45, 2.75) is 12.8 Å². The minimum absolute atomic E-state index is 0.0398. The lowest BCUT2D eigenvalue weighted by Gasteiger charge is -2.06. The summed E-state index contributed by atoms with van der Waals surface area (Å²) in [5.41, 5.74) is 7.31. The molecular weight excluding hydrogens is 260 g/mol. The van der Waals surface area contributed by atoms with Crippen LogP contribution >= 0.6 is 11.8 Å². The Morgan fingerprint density at radius 1 is 1.26 bits per heavy atom. The highest BCUT2D eigenvalue weighted by molar-refractivity contribution is 7.99. The van der Waals surface area contributed by atoms with Gasteiger partial charge < -0.3 is 16.2 Å². The van der Waals surface area contributed by atoms with Gasteiger partial charge in [0.2, 0.25) is 0 Å². The first-order chi connectivity index (χ1) is 9.27. The lowest BCUT2D eigenvalue weighted by molar-refractivity contribution is 0.0956. The maximum atomic E-state index is 11.8. The van der Waals surface area contributed by atoms with Crippen LogP contribution in [0.3, 0.4) is 0 Å². The number of hydrogen-bond acceptors (Lipinski definition) is 4. The van der Waals surface area contributed by atoms with Gasteiger partial charge in [-0.2, -0.15) is 11.8 Å². The van der Waals surface area contributed by atoms with Gasteiger partial charge in [-0.15, -0.1) is 0 Å². The van der Waals surface area contributed by atoms with Crippen LogP contribution in [0.5, 0.6) is 0 Å². The van der Waals surface area contributed by atoms with Gasteiger partial charge in [0.25, 0.3) is 5.91 Å². The predicted octanol–water partition coefficient (Wildman–Crippen LogP) is 1.03. The molecule has 0 fully saturated rings. The molecule has 0 saturated heterocycles. The van der Waals surface area contributed by atoms with Crippen molar-refractivity contribution in [3.63, 3.8) is 0 Å². The van der Waals surface area contributed by atoms with Crippen LogP contribution in [0.2, 0.25) is 0 Å². The Kier molecular flexibility index (Phi) is 8.29. The highest BCUT2D eigenvalue weighted by Gasteiger charge is 2.04. The number of carbonyl (C=O) groups excluding carboxylic acids is 1. The van der Waals surface area contributed by atoms with E-state index in [4.69, 9.17) is 10.8 Å². The van der Waals surface area contributed by atoms with E-state index in [2.05, 4.69) is 5.32 Å². The number of thioether (sulfide) groups is 1. The van der Waals surface area contributed by atoms with Crippen LogP contribution in [-0.2, 0) is 6.42 Å². The highest BCUT2D eigenvalue weighted by atomic mass is 32.2. The van der Waals surface area contributed by atoms with Gasteiger partial charge in [0.1, 0.15) is 0 Å². The number of benzene rings is 1. The number of hydrogen-bond donors (Lipinski definition) is 3. The van der Waals surface area contributed by atoms with E-state index in [0.29, 0.717) is 18.7 Å². The molecule has 4 nitrogen and oxygen atoms in total. The van der Waals surface area contributed by atoms with E-state index < -0.39 is 0 Å². The maximum Gasteiger partial charge on any atom is 0.251 e. The van der Waals surface area contributed by atoms with E-state index >= 15 is 0 Å². The molecular formula is C14H22N2O2S. The molecule has 0 bridgehead atoms. The first-order valence-corrected chi connectivity index (χ1v) is 7.69. The number of carbonyl (C=O) groups is 1. The van der Waals surface area contributed by atoms with E-state index in [0.717, 1.165) is 29.9 Å². The van der Waals surface area contributed by atoms with Crippen LogP contribution < -0.4 is 11.1 Å². The van der Waals surface area contributed by atoms with E-state index in [9.17, 15) is 4.79 Å². The number of amides is 1. The summed E-state index contributed by atoms with van der Waals surface area (Å²) >= 11 is 1.74. The molecule has 106 valence electrons. The summed E-state index contributed by atoms with van der Waals surface area (Å²) in [6.07, 6.45) is 1.64. The van der Waals surface area contributed by atoms with E-state index in [1.165, 1.54) is 0 Å². The van der Waals surface area contributed by atoms with Crippen molar-refractivity contribution in [3.8, 4) is 0 Å². The fourth-order valence-corrected chi connectivity index (χ4v) is 2.38. The van der Waals surface area contributed by atoms with Gasteiger partial charge in [-0.05, 0) is 42.8 Å². The fraction of sp³-hybridized carbons (Fsp3) is 0.500. The van der Waals surface area contributed by atoms with Crippen molar-refractivity contribution in [3.05, 3.63) is 35.4 Å². The summed E-state index contributed by atoms with van der Waals surface area (Å²) in [4.78, 5) is 11.8. The van der Waals surface area contributed by atoms with Gasteiger partial charge in [-0.3, -0.25) is 4.79 Å². The van der Waals surface area contributed by atoms with Gasteiger partial charge in [0.05, 0.1) is 0 Å². The molecule has 0 aliphatic rings. The van der Waals surface area contributed by atoms with Gasteiger partial charge in [0, 0.05) is 24.5 Å². The Morgan fingerprint density at radius 2 is 2.00 bits per heavy atom. The zero-order valence-corrected chi connectivity index (χ0v) is 11.9. The number of aliphatic hydroxyl groups excluding tert-OH is 1. The van der Waals surface area contributed by atoms with Crippen molar-refractivity contribution in [2.24, 2.45) is 5.73 Å². The summed E-state index contributed by atoms with van der Waals surface area (Å²) in [5, 5.41) is 11.5. The van der Waals surface area contributed by atoms with Crippen molar-refractivity contribution in [1.82, 2.24) is 5.32 Å². The maximum absolute atomic E-state index is 11.8. The summed E-state index contributed by atoms with van der Waals surface area (Å²) in [7, 11) is 0. The van der Waals surface area contributed by atoms with Crippen LogP contribution in [0, 0.1) is 0 Å². The summed E-state index contributed by atoms with van der Waals surface area (Å²) in [5.74, 6) is 1.76. The number of nitrogens with two attached hydrogens (primary N) is 1. The van der Waals surface area contributed by atoms with Crippen molar-refractivity contribution in [1.29, 1.82) is 0 Å². The molecule has 0 aromatic heterocycles. The van der Waals surface area contributed by atoms with Crippen LogP contribution in [0.1, 0.15) is 22.3 Å². The lowest BCUT2D eigenvalue weighted by atomic mass is 10.1. The summed E-state index contributed by atoms with van der Waals surface area (Å²) in [6.45, 7) is 1.50. The largest absolute Gasteiger partial charge is 0.396 e. The molecule has 1 amide bonds. The SMILES string of the molecule is NCCc1ccc(C(=O)NCCSCCCO)cc1. The lowest BCUT2D eigenvalue weighted by Crippen LogP contribution is -2.25. The quantitative estimate of drug-likeness (QED) is 0.591. The van der Waals surface area contributed by atoms with Crippen molar-refractivity contribution < 1.29 is 9.90 Å². The minimum Gasteiger partial charge on any atom is -0.396 e. The van der Waals surface area contributed by atoms with Crippen LogP contribution in [0.15, 0.2) is 24.3 Å². The van der Waals surface area contributed by atoms with Crippen molar-refractivity contribution in [2.75, 3.05) is 31.2 Å². The van der Waals surface area contributed by atoms with E-state index in [1.807, 2.05) is 24.3 Å². The minimum atomic E-state index is -0.0398. The Hall–Kier alpha value is -1.04. The van der Waals surface area contributed by atoms with Crippen LogP contribution in [0.4, 0.5) is 0 Å². The van der Waals surface area contributed by atoms with Gasteiger partial charge in [0.15, 0.2) is 0 Å². The topological polar surface area (TPSA) is 75.4 Å². The Labute approximate surface area is 118 Å². The second kappa shape index (κ2) is 9.83. The first-order valence-electron chi connectivity index (χ1n) is 6.53. The molecule has 0 spiro atoms. The number of rotatable bonds is 9. The van der Waals surface area contributed by atoms with E-state index in [1.54, 1.807) is 11.8 Å². The molecule has 1 aromatic carbocycles. The zero-order valence-electron chi connectivity index (χ0n) is 11.1. The average molecular weight is 282 g/mol. The monoisotopic (exact) mass is 282 g/mol. The molecule has 0 unspecified atom stereocenters. The molecule has 1 rings (SSSR count). The standard InChI is InChI=1S/C14H22N2O2S/c15-7-6-12-2-4-13(5-3-12)14(18)16-8-11-19-10-1-9-17/h2-5,17H,1,6-11,15H2,(H,16,18). The molecule has 0 radical (unpaired) electrons. The number of nitrogens with one attached hydrogen (secondary N) is 1. The van der Waals surface area contributed by atoms with E-state index in [-0.39, 0.29) is 12.5 Å². The molecule has 5 heteroatoms. The Balaban J connectivity index is 2.25. The summed E-state index contributed by atoms with van der Waals surface area (Å²) in [6, 6.07) is 7.55. The third-order valence-corrected chi connectivity index (χ3v) is 3.70. The molecule has 19 heavy (non-hydrogen) atoms. The molecule has 0 aliphatic heterocycles.